The highest BCUT2D eigenvalue weighted by Gasteiger charge is 2.14. The molecule has 0 saturated carbocycles. The number of hydrogen-bond donors (Lipinski definition) is 0. The van der Waals surface area contributed by atoms with E-state index in [0.717, 1.165) is 16.9 Å². The van der Waals surface area contributed by atoms with Crippen LogP contribution in [0.2, 0.25) is 5.02 Å². The Hall–Kier alpha value is -1.17. The molecule has 0 radical (unpaired) electrons. The van der Waals surface area contributed by atoms with Crippen molar-refractivity contribution in [1.29, 1.82) is 0 Å². The first-order valence-electron chi connectivity index (χ1n) is 6.46. The van der Waals surface area contributed by atoms with Crippen LogP contribution in [0.5, 0.6) is 0 Å². The third kappa shape index (κ3) is 2.78. The second kappa shape index (κ2) is 5.91. The number of fused-ring (bicyclic) bond motifs is 1. The predicted molar refractivity (Wildman–Crippen MR) is 84.9 cm³/mol. The lowest BCUT2D eigenvalue weighted by Crippen LogP contribution is -2.03. The Kier molecular flexibility index (Phi) is 4.15. The molecule has 0 aliphatic carbocycles. The number of benzene rings is 1. The van der Waals surface area contributed by atoms with Gasteiger partial charge in [0.1, 0.15) is 16.6 Å². The Morgan fingerprint density at radius 2 is 2.19 bits per heavy atom. The summed E-state index contributed by atoms with van der Waals surface area (Å²) in [6.45, 7) is 2.65. The van der Waals surface area contributed by atoms with Gasteiger partial charge in [0, 0.05) is 17.1 Å². The highest BCUT2D eigenvalue weighted by molar-refractivity contribution is 7.11. The summed E-state index contributed by atoms with van der Waals surface area (Å²) in [4.78, 5) is 10.00. The molecule has 7 heteroatoms. The quantitative estimate of drug-likeness (QED) is 0.646. The van der Waals surface area contributed by atoms with Crippen molar-refractivity contribution >= 4 is 45.6 Å². The third-order valence-corrected chi connectivity index (χ3v) is 4.89. The van der Waals surface area contributed by atoms with Gasteiger partial charge in [0.05, 0.1) is 28.5 Å². The largest absolute Gasteiger partial charge is 0.320 e. The van der Waals surface area contributed by atoms with Crippen LogP contribution in [0.25, 0.3) is 11.0 Å². The first kappa shape index (κ1) is 14.8. The Morgan fingerprint density at radius 3 is 2.86 bits per heavy atom. The van der Waals surface area contributed by atoms with Crippen molar-refractivity contribution in [2.45, 2.75) is 25.8 Å². The summed E-state index contributed by atoms with van der Waals surface area (Å²) in [6, 6.07) is 2.92. The van der Waals surface area contributed by atoms with Crippen molar-refractivity contribution in [1.82, 2.24) is 14.5 Å². The molecular weight excluding hydrogens is 332 g/mol. The van der Waals surface area contributed by atoms with Crippen LogP contribution in [0.4, 0.5) is 4.39 Å². The number of thiazole rings is 1. The smallest absolute Gasteiger partial charge is 0.144 e. The van der Waals surface area contributed by atoms with Crippen LogP contribution < -0.4 is 0 Å². The van der Waals surface area contributed by atoms with E-state index in [2.05, 4.69) is 16.9 Å². The number of rotatable bonds is 4. The molecule has 2 aromatic heterocycles. The molecule has 110 valence electrons. The fraction of sp³-hybridized carbons (Fsp3) is 0.286. The number of halogens is 3. The third-order valence-electron chi connectivity index (χ3n) is 3.23. The highest BCUT2D eigenvalue weighted by atomic mass is 35.5. The molecule has 0 atom stereocenters. The lowest BCUT2D eigenvalue weighted by atomic mass is 10.3. The van der Waals surface area contributed by atoms with Crippen LogP contribution >= 0.6 is 34.5 Å². The van der Waals surface area contributed by atoms with E-state index in [1.165, 1.54) is 10.9 Å². The SMILES string of the molecule is CCc1cnc(Cn2c(CCl)nc3cc(F)c(Cl)cc32)s1. The standard InChI is InChI=1S/C14H12Cl2FN3S/c1-2-8-6-18-14(21-8)7-20-12-3-9(16)10(17)4-11(12)19-13(20)5-15/h3-4,6H,2,5,7H2,1H3. The van der Waals surface area contributed by atoms with E-state index in [1.54, 1.807) is 17.4 Å². The lowest BCUT2D eigenvalue weighted by Gasteiger charge is -2.05. The minimum atomic E-state index is -0.475. The fourth-order valence-corrected chi connectivity index (χ4v) is 3.38. The van der Waals surface area contributed by atoms with E-state index in [0.29, 0.717) is 17.9 Å². The van der Waals surface area contributed by atoms with E-state index in [4.69, 9.17) is 23.2 Å². The first-order chi connectivity index (χ1) is 10.1. The van der Waals surface area contributed by atoms with Crippen molar-refractivity contribution in [2.75, 3.05) is 0 Å². The zero-order chi connectivity index (χ0) is 15.0. The number of alkyl halides is 1. The monoisotopic (exact) mass is 343 g/mol. The Labute approximate surface area is 135 Å². The van der Waals surface area contributed by atoms with Crippen molar-refractivity contribution in [3.8, 4) is 0 Å². The van der Waals surface area contributed by atoms with Crippen LogP contribution in [-0.4, -0.2) is 14.5 Å². The van der Waals surface area contributed by atoms with Crippen molar-refractivity contribution in [2.24, 2.45) is 0 Å². The highest BCUT2D eigenvalue weighted by Crippen LogP contribution is 2.26. The van der Waals surface area contributed by atoms with Crippen molar-refractivity contribution < 1.29 is 4.39 Å². The van der Waals surface area contributed by atoms with Gasteiger partial charge < -0.3 is 4.57 Å². The maximum absolute atomic E-state index is 13.5. The molecule has 3 aromatic rings. The summed E-state index contributed by atoms with van der Waals surface area (Å²) >= 11 is 13.5. The zero-order valence-electron chi connectivity index (χ0n) is 11.2. The van der Waals surface area contributed by atoms with Gasteiger partial charge in [0.25, 0.3) is 0 Å². The topological polar surface area (TPSA) is 30.7 Å². The van der Waals surface area contributed by atoms with E-state index in [1.807, 2.05) is 10.8 Å². The summed E-state index contributed by atoms with van der Waals surface area (Å²) in [7, 11) is 0. The van der Waals surface area contributed by atoms with E-state index >= 15 is 0 Å². The van der Waals surface area contributed by atoms with Crippen LogP contribution in [-0.2, 0) is 18.8 Å². The molecule has 0 unspecified atom stereocenters. The minimum Gasteiger partial charge on any atom is -0.320 e. The number of nitrogens with zero attached hydrogens (tertiary/aromatic N) is 3. The van der Waals surface area contributed by atoms with Crippen LogP contribution in [0.1, 0.15) is 22.6 Å². The average molecular weight is 344 g/mol. The van der Waals surface area contributed by atoms with Crippen LogP contribution in [0.3, 0.4) is 0 Å². The van der Waals surface area contributed by atoms with Gasteiger partial charge in [-0.15, -0.1) is 22.9 Å². The summed E-state index contributed by atoms with van der Waals surface area (Å²) in [6.07, 6.45) is 2.84. The predicted octanol–water partition coefficient (Wildman–Crippen LogP) is 4.63. The molecule has 1 aromatic carbocycles. The number of aromatic nitrogens is 3. The van der Waals surface area contributed by atoms with Gasteiger partial charge in [-0.1, -0.05) is 18.5 Å². The van der Waals surface area contributed by atoms with E-state index in [-0.39, 0.29) is 10.9 Å². The van der Waals surface area contributed by atoms with Gasteiger partial charge in [-0.3, -0.25) is 0 Å². The van der Waals surface area contributed by atoms with Crippen molar-refractivity contribution in [3.05, 3.63) is 44.9 Å². The molecule has 0 saturated heterocycles. The molecule has 0 aliphatic heterocycles. The summed E-state index contributed by atoms with van der Waals surface area (Å²) in [5, 5.41) is 1.05. The Morgan fingerprint density at radius 1 is 1.38 bits per heavy atom. The van der Waals surface area contributed by atoms with E-state index in [9.17, 15) is 4.39 Å². The van der Waals surface area contributed by atoms with Gasteiger partial charge >= 0.3 is 0 Å². The molecule has 21 heavy (non-hydrogen) atoms. The van der Waals surface area contributed by atoms with Gasteiger partial charge in [0.15, 0.2) is 0 Å². The van der Waals surface area contributed by atoms with E-state index < -0.39 is 5.82 Å². The maximum Gasteiger partial charge on any atom is 0.144 e. The number of aryl methyl sites for hydroxylation is 1. The Bertz CT molecular complexity index is 797. The molecule has 0 aliphatic rings. The molecule has 2 heterocycles. The molecule has 0 bridgehead atoms. The van der Waals surface area contributed by atoms with Crippen LogP contribution in [0.15, 0.2) is 18.3 Å². The van der Waals surface area contributed by atoms with Gasteiger partial charge in [-0.25, -0.2) is 14.4 Å². The second-order valence-electron chi connectivity index (χ2n) is 4.58. The van der Waals surface area contributed by atoms with Crippen LogP contribution in [0, 0.1) is 5.82 Å². The molecule has 0 N–H and O–H groups in total. The molecule has 0 fully saturated rings. The normalized spacial score (nSPS) is 11.4. The molecular formula is C14H12Cl2FN3S. The molecule has 3 rings (SSSR count). The summed E-state index contributed by atoms with van der Waals surface area (Å²) < 4.78 is 15.5. The molecule has 3 nitrogen and oxygen atoms in total. The maximum atomic E-state index is 13.5. The molecule has 0 amide bonds. The first-order valence-corrected chi connectivity index (χ1v) is 8.19. The second-order valence-corrected chi connectivity index (χ2v) is 6.45. The minimum absolute atomic E-state index is 0.0816. The van der Waals surface area contributed by atoms with Gasteiger partial charge in [0.2, 0.25) is 0 Å². The Balaban J connectivity index is 2.09. The summed E-state index contributed by atoms with van der Waals surface area (Å²) in [5.74, 6) is 0.457. The van der Waals surface area contributed by atoms with Crippen molar-refractivity contribution in [3.63, 3.8) is 0 Å². The number of hydrogen-bond acceptors (Lipinski definition) is 3. The zero-order valence-corrected chi connectivity index (χ0v) is 13.6. The summed E-state index contributed by atoms with van der Waals surface area (Å²) in [5.41, 5.74) is 1.32. The lowest BCUT2D eigenvalue weighted by molar-refractivity contribution is 0.629. The molecule has 0 spiro atoms. The average Bonchev–Trinajstić information content (AvgIpc) is 3.05. The number of imidazole rings is 1. The van der Waals surface area contributed by atoms with Gasteiger partial charge in [-0.2, -0.15) is 0 Å². The van der Waals surface area contributed by atoms with Gasteiger partial charge in [-0.05, 0) is 12.5 Å². The fourth-order valence-electron chi connectivity index (χ4n) is 2.17.